The van der Waals surface area contributed by atoms with Gasteiger partial charge in [0, 0.05) is 5.33 Å². The molecule has 0 aliphatic rings. The molecule has 0 bridgehead atoms. The SMILES string of the molecule is NS(=O)(=O)c1ccc(-c2ccc(CBr)cc2)cc1. The van der Waals surface area contributed by atoms with E-state index in [1.165, 1.54) is 17.7 Å². The van der Waals surface area contributed by atoms with Gasteiger partial charge in [-0.05, 0) is 28.8 Å². The molecule has 94 valence electrons. The quantitative estimate of drug-likeness (QED) is 0.882. The van der Waals surface area contributed by atoms with Crippen molar-refractivity contribution in [1.29, 1.82) is 0 Å². The van der Waals surface area contributed by atoms with Crippen LogP contribution in [-0.4, -0.2) is 8.42 Å². The maximum Gasteiger partial charge on any atom is 0.238 e. The van der Waals surface area contributed by atoms with Crippen LogP contribution in [0.15, 0.2) is 53.4 Å². The molecule has 2 rings (SSSR count). The number of nitrogens with two attached hydrogens (primary N) is 1. The molecule has 18 heavy (non-hydrogen) atoms. The lowest BCUT2D eigenvalue weighted by atomic mass is 10.0. The molecule has 0 amide bonds. The summed E-state index contributed by atoms with van der Waals surface area (Å²) in [5.41, 5.74) is 3.20. The summed E-state index contributed by atoms with van der Waals surface area (Å²) in [6, 6.07) is 14.6. The Morgan fingerprint density at radius 2 is 1.33 bits per heavy atom. The molecule has 0 spiro atoms. The molecule has 3 nitrogen and oxygen atoms in total. The molecule has 0 saturated carbocycles. The zero-order valence-electron chi connectivity index (χ0n) is 9.51. The van der Waals surface area contributed by atoms with Crippen molar-refractivity contribution in [3.63, 3.8) is 0 Å². The normalized spacial score (nSPS) is 11.4. The van der Waals surface area contributed by atoms with Gasteiger partial charge in [0.2, 0.25) is 10.0 Å². The average molecular weight is 326 g/mol. The molecule has 0 saturated heterocycles. The van der Waals surface area contributed by atoms with Crippen LogP contribution >= 0.6 is 15.9 Å². The fourth-order valence-electron chi connectivity index (χ4n) is 1.62. The molecule has 0 aliphatic heterocycles. The summed E-state index contributed by atoms with van der Waals surface area (Å²) in [7, 11) is -3.62. The van der Waals surface area contributed by atoms with E-state index < -0.39 is 10.0 Å². The van der Waals surface area contributed by atoms with E-state index in [0.717, 1.165) is 16.5 Å². The van der Waals surface area contributed by atoms with E-state index in [1.807, 2.05) is 24.3 Å². The molecular formula is C13H12BrNO2S. The van der Waals surface area contributed by atoms with Crippen molar-refractivity contribution in [2.45, 2.75) is 10.2 Å². The Balaban J connectivity index is 2.34. The van der Waals surface area contributed by atoms with Crippen LogP contribution in [0.2, 0.25) is 0 Å². The molecular weight excluding hydrogens is 314 g/mol. The van der Waals surface area contributed by atoms with Gasteiger partial charge in [0.15, 0.2) is 0 Å². The zero-order chi connectivity index (χ0) is 13.2. The van der Waals surface area contributed by atoms with Gasteiger partial charge in [0.1, 0.15) is 0 Å². The molecule has 2 aromatic carbocycles. The Labute approximate surface area is 115 Å². The number of hydrogen-bond donors (Lipinski definition) is 1. The van der Waals surface area contributed by atoms with E-state index in [-0.39, 0.29) is 4.90 Å². The minimum absolute atomic E-state index is 0.128. The second kappa shape index (κ2) is 5.22. The second-order valence-corrected chi connectivity index (χ2v) is 6.02. The minimum atomic E-state index is -3.62. The molecule has 0 aromatic heterocycles. The second-order valence-electron chi connectivity index (χ2n) is 3.90. The molecule has 2 aromatic rings. The van der Waals surface area contributed by atoms with Gasteiger partial charge in [0.25, 0.3) is 0 Å². The lowest BCUT2D eigenvalue weighted by molar-refractivity contribution is 0.598. The van der Waals surface area contributed by atoms with Gasteiger partial charge >= 0.3 is 0 Å². The highest BCUT2D eigenvalue weighted by molar-refractivity contribution is 9.08. The van der Waals surface area contributed by atoms with E-state index in [9.17, 15) is 8.42 Å². The fourth-order valence-corrected chi connectivity index (χ4v) is 2.51. The molecule has 0 radical (unpaired) electrons. The number of rotatable bonds is 3. The lowest BCUT2D eigenvalue weighted by Gasteiger charge is -2.04. The summed E-state index contributed by atoms with van der Waals surface area (Å²) in [5.74, 6) is 0. The predicted octanol–water partition coefficient (Wildman–Crippen LogP) is 2.90. The largest absolute Gasteiger partial charge is 0.238 e. The molecule has 0 atom stereocenters. The number of alkyl halides is 1. The molecule has 5 heteroatoms. The van der Waals surface area contributed by atoms with Crippen molar-refractivity contribution in [3.8, 4) is 11.1 Å². The first-order chi connectivity index (χ1) is 8.50. The first-order valence-electron chi connectivity index (χ1n) is 5.29. The minimum Gasteiger partial charge on any atom is -0.225 e. The van der Waals surface area contributed by atoms with Gasteiger partial charge in [-0.2, -0.15) is 0 Å². The van der Waals surface area contributed by atoms with Crippen LogP contribution in [0, 0.1) is 0 Å². The van der Waals surface area contributed by atoms with Gasteiger partial charge in [-0.25, -0.2) is 13.6 Å². The van der Waals surface area contributed by atoms with Gasteiger partial charge < -0.3 is 0 Å². The lowest BCUT2D eigenvalue weighted by Crippen LogP contribution is -2.11. The zero-order valence-corrected chi connectivity index (χ0v) is 11.9. The molecule has 0 fully saturated rings. The third kappa shape index (κ3) is 2.98. The number of hydrogen-bond acceptors (Lipinski definition) is 2. The summed E-state index contributed by atoms with van der Waals surface area (Å²) in [4.78, 5) is 0.128. The van der Waals surface area contributed by atoms with Crippen molar-refractivity contribution in [3.05, 3.63) is 54.1 Å². The van der Waals surface area contributed by atoms with Crippen molar-refractivity contribution in [1.82, 2.24) is 0 Å². The van der Waals surface area contributed by atoms with E-state index in [1.54, 1.807) is 12.1 Å². The number of halogens is 1. The predicted molar refractivity (Wildman–Crippen MR) is 75.9 cm³/mol. The molecule has 0 heterocycles. The van der Waals surface area contributed by atoms with E-state index in [2.05, 4.69) is 15.9 Å². The first kappa shape index (κ1) is 13.3. The van der Waals surface area contributed by atoms with Crippen LogP contribution in [0.4, 0.5) is 0 Å². The van der Waals surface area contributed by atoms with Crippen molar-refractivity contribution in [2.24, 2.45) is 5.14 Å². The Bertz CT molecular complexity index is 634. The maximum atomic E-state index is 11.1. The van der Waals surface area contributed by atoms with E-state index in [0.29, 0.717) is 0 Å². The number of sulfonamides is 1. The third-order valence-electron chi connectivity index (χ3n) is 2.62. The van der Waals surface area contributed by atoms with Crippen LogP contribution in [0.3, 0.4) is 0 Å². The van der Waals surface area contributed by atoms with Gasteiger partial charge in [0.05, 0.1) is 4.90 Å². The standard InChI is InChI=1S/C13H12BrNO2S/c14-9-10-1-3-11(4-2-10)12-5-7-13(8-6-12)18(15,16)17/h1-8H,9H2,(H2,15,16,17). The third-order valence-corrected chi connectivity index (χ3v) is 4.20. The maximum absolute atomic E-state index is 11.1. The molecule has 0 unspecified atom stereocenters. The monoisotopic (exact) mass is 325 g/mol. The summed E-state index contributed by atoms with van der Waals surface area (Å²) in [6.07, 6.45) is 0. The van der Waals surface area contributed by atoms with Gasteiger partial charge in [-0.15, -0.1) is 0 Å². The van der Waals surface area contributed by atoms with Crippen LogP contribution in [-0.2, 0) is 15.4 Å². The Kier molecular flexibility index (Phi) is 3.85. The first-order valence-corrected chi connectivity index (χ1v) is 7.95. The van der Waals surface area contributed by atoms with Crippen LogP contribution in [0.5, 0.6) is 0 Å². The highest BCUT2D eigenvalue weighted by Gasteiger charge is 2.07. The molecule has 0 aliphatic carbocycles. The van der Waals surface area contributed by atoms with Gasteiger partial charge in [-0.1, -0.05) is 52.3 Å². The number of primary sulfonamides is 1. The summed E-state index contributed by atoms with van der Waals surface area (Å²) in [5, 5.41) is 5.87. The number of benzene rings is 2. The Hall–Kier alpha value is -1.17. The average Bonchev–Trinajstić information content (AvgIpc) is 2.38. The smallest absolute Gasteiger partial charge is 0.225 e. The summed E-state index contributed by atoms with van der Waals surface area (Å²) >= 11 is 3.39. The van der Waals surface area contributed by atoms with Gasteiger partial charge in [-0.3, -0.25) is 0 Å². The summed E-state index contributed by atoms with van der Waals surface area (Å²) in [6.45, 7) is 0. The van der Waals surface area contributed by atoms with E-state index >= 15 is 0 Å². The Morgan fingerprint density at radius 1 is 0.889 bits per heavy atom. The highest BCUT2D eigenvalue weighted by atomic mass is 79.9. The van der Waals surface area contributed by atoms with Crippen LogP contribution < -0.4 is 5.14 Å². The molecule has 2 N–H and O–H groups in total. The fraction of sp³-hybridized carbons (Fsp3) is 0.0769. The summed E-state index contributed by atoms with van der Waals surface area (Å²) < 4.78 is 22.3. The highest BCUT2D eigenvalue weighted by Crippen LogP contribution is 2.22. The van der Waals surface area contributed by atoms with Crippen molar-refractivity contribution in [2.75, 3.05) is 0 Å². The Morgan fingerprint density at radius 3 is 1.72 bits per heavy atom. The van der Waals surface area contributed by atoms with E-state index in [4.69, 9.17) is 5.14 Å². The van der Waals surface area contributed by atoms with Crippen LogP contribution in [0.25, 0.3) is 11.1 Å². The van der Waals surface area contributed by atoms with Crippen LogP contribution in [0.1, 0.15) is 5.56 Å². The topological polar surface area (TPSA) is 60.2 Å². The van der Waals surface area contributed by atoms with Crippen molar-refractivity contribution >= 4 is 26.0 Å². The van der Waals surface area contributed by atoms with Crippen molar-refractivity contribution < 1.29 is 8.42 Å².